The summed E-state index contributed by atoms with van der Waals surface area (Å²) in [5.41, 5.74) is 2.01. The maximum atomic E-state index is 13.4. The second kappa shape index (κ2) is 13.9. The highest BCUT2D eigenvalue weighted by molar-refractivity contribution is 6.39. The van der Waals surface area contributed by atoms with Gasteiger partial charge in [0, 0.05) is 5.69 Å². The first-order valence-corrected chi connectivity index (χ1v) is 13.8. The molecule has 45 heavy (non-hydrogen) atoms. The maximum absolute atomic E-state index is 13.4. The molecule has 5 amide bonds. The number of carbonyl (C=O) groups excluding carboxylic acids is 4. The smallest absolute Gasteiger partial charge is 0.335 e. The van der Waals surface area contributed by atoms with Gasteiger partial charge < -0.3 is 24.3 Å². The summed E-state index contributed by atoms with van der Waals surface area (Å²) in [5.74, 6) is -0.269. The van der Waals surface area contributed by atoms with Crippen LogP contribution >= 0.6 is 0 Å². The molecule has 0 aliphatic carbocycles. The quantitative estimate of drug-likeness (QED) is 0.181. The summed E-state index contributed by atoms with van der Waals surface area (Å²) in [6, 6.07) is 26.7. The number of urea groups is 1. The number of rotatable bonds is 11. The number of benzene rings is 4. The van der Waals surface area contributed by atoms with Crippen LogP contribution in [-0.4, -0.2) is 44.6 Å². The maximum Gasteiger partial charge on any atom is 0.335 e. The van der Waals surface area contributed by atoms with Crippen LogP contribution in [0.2, 0.25) is 0 Å². The van der Waals surface area contributed by atoms with Gasteiger partial charge in [0.2, 0.25) is 0 Å². The van der Waals surface area contributed by atoms with Crippen molar-refractivity contribution in [2.75, 3.05) is 31.0 Å². The van der Waals surface area contributed by atoms with E-state index in [-0.39, 0.29) is 29.4 Å². The first-order valence-electron chi connectivity index (χ1n) is 13.8. The lowest BCUT2D eigenvalue weighted by molar-refractivity contribution is -0.122. The summed E-state index contributed by atoms with van der Waals surface area (Å²) in [4.78, 5) is 52.0. The van der Waals surface area contributed by atoms with Crippen LogP contribution < -0.4 is 34.5 Å². The Bertz CT molecular complexity index is 1740. The fourth-order valence-electron chi connectivity index (χ4n) is 4.40. The largest absolute Gasteiger partial charge is 0.497 e. The van der Waals surface area contributed by atoms with E-state index in [0.29, 0.717) is 29.4 Å². The lowest BCUT2D eigenvalue weighted by Crippen LogP contribution is -2.54. The van der Waals surface area contributed by atoms with Gasteiger partial charge in [0.25, 0.3) is 17.7 Å². The highest BCUT2D eigenvalue weighted by Crippen LogP contribution is 2.30. The molecule has 1 fully saturated rings. The van der Waals surface area contributed by atoms with Gasteiger partial charge in [-0.2, -0.15) is 0 Å². The molecule has 228 valence electrons. The number of anilines is 2. The van der Waals surface area contributed by atoms with Crippen LogP contribution in [0.1, 0.15) is 11.1 Å². The lowest BCUT2D eigenvalue weighted by Gasteiger charge is -2.26. The predicted octanol–water partition coefficient (Wildman–Crippen LogP) is 4.97. The van der Waals surface area contributed by atoms with E-state index in [9.17, 15) is 19.2 Å². The van der Waals surface area contributed by atoms with E-state index in [0.717, 1.165) is 10.5 Å². The molecule has 11 nitrogen and oxygen atoms in total. The number of amides is 5. The van der Waals surface area contributed by atoms with Gasteiger partial charge in [-0.1, -0.05) is 36.4 Å². The van der Waals surface area contributed by atoms with Crippen molar-refractivity contribution < 1.29 is 38.1 Å². The Balaban J connectivity index is 1.26. The summed E-state index contributed by atoms with van der Waals surface area (Å²) in [6.45, 7) is 0.0613. The highest BCUT2D eigenvalue weighted by atomic mass is 16.5. The Hall–Kier alpha value is -6.10. The van der Waals surface area contributed by atoms with Crippen LogP contribution in [-0.2, 0) is 21.0 Å². The second-order valence-electron chi connectivity index (χ2n) is 9.70. The predicted molar refractivity (Wildman–Crippen MR) is 166 cm³/mol. The van der Waals surface area contributed by atoms with E-state index in [4.69, 9.17) is 18.9 Å². The van der Waals surface area contributed by atoms with Crippen molar-refractivity contribution in [3.63, 3.8) is 0 Å². The van der Waals surface area contributed by atoms with Gasteiger partial charge in [0.15, 0.2) is 18.1 Å². The Morgan fingerprint density at radius 2 is 1.51 bits per heavy atom. The van der Waals surface area contributed by atoms with Gasteiger partial charge in [-0.15, -0.1) is 0 Å². The lowest BCUT2D eigenvalue weighted by atomic mass is 10.1. The van der Waals surface area contributed by atoms with Crippen LogP contribution in [0.5, 0.6) is 23.0 Å². The van der Waals surface area contributed by atoms with Gasteiger partial charge in [-0.05, 0) is 77.9 Å². The minimum absolute atomic E-state index is 0.256. The van der Waals surface area contributed by atoms with Crippen molar-refractivity contribution in [1.82, 2.24) is 5.32 Å². The Kier molecular flexibility index (Phi) is 9.39. The summed E-state index contributed by atoms with van der Waals surface area (Å²) in [6.07, 6.45) is 1.34. The molecule has 1 heterocycles. The van der Waals surface area contributed by atoms with E-state index in [1.807, 2.05) is 30.3 Å². The van der Waals surface area contributed by atoms with Crippen LogP contribution in [0.3, 0.4) is 0 Å². The average molecular weight is 608 g/mol. The molecule has 1 aliphatic rings. The molecule has 1 aliphatic heterocycles. The van der Waals surface area contributed by atoms with Crippen LogP contribution in [0, 0.1) is 0 Å². The minimum atomic E-state index is -0.866. The van der Waals surface area contributed by atoms with E-state index in [1.54, 1.807) is 73.8 Å². The molecule has 0 aromatic heterocycles. The Morgan fingerprint density at radius 1 is 0.800 bits per heavy atom. The van der Waals surface area contributed by atoms with Gasteiger partial charge >= 0.3 is 6.03 Å². The summed E-state index contributed by atoms with van der Waals surface area (Å²) in [5, 5.41) is 4.93. The Morgan fingerprint density at radius 3 is 2.20 bits per heavy atom. The number of hydrogen-bond donors (Lipinski definition) is 2. The molecule has 0 radical (unpaired) electrons. The summed E-state index contributed by atoms with van der Waals surface area (Å²) in [7, 11) is 2.97. The molecule has 11 heteroatoms. The number of barbiturate groups is 1. The van der Waals surface area contributed by atoms with Crippen molar-refractivity contribution in [3.05, 3.63) is 114 Å². The molecule has 0 saturated carbocycles. The zero-order valence-electron chi connectivity index (χ0n) is 24.4. The van der Waals surface area contributed by atoms with Gasteiger partial charge in [0.1, 0.15) is 23.7 Å². The third kappa shape index (κ3) is 7.46. The van der Waals surface area contributed by atoms with Crippen molar-refractivity contribution in [1.29, 1.82) is 0 Å². The van der Waals surface area contributed by atoms with Crippen LogP contribution in [0.4, 0.5) is 16.2 Å². The zero-order chi connectivity index (χ0) is 31.8. The fraction of sp³-hybridized carbons (Fsp3) is 0.118. The number of ether oxygens (including phenoxy) is 4. The third-order valence-electron chi connectivity index (χ3n) is 6.68. The number of nitrogens with one attached hydrogen (secondary N) is 2. The van der Waals surface area contributed by atoms with E-state index < -0.39 is 23.8 Å². The number of nitrogens with zero attached hydrogens (tertiary/aromatic N) is 1. The van der Waals surface area contributed by atoms with Crippen molar-refractivity contribution in [3.8, 4) is 23.0 Å². The average Bonchev–Trinajstić information content (AvgIpc) is 3.06. The molecular weight excluding hydrogens is 578 g/mol. The van der Waals surface area contributed by atoms with Crippen molar-refractivity contribution in [2.24, 2.45) is 0 Å². The van der Waals surface area contributed by atoms with E-state index >= 15 is 0 Å². The summed E-state index contributed by atoms with van der Waals surface area (Å²) >= 11 is 0. The molecule has 0 spiro atoms. The first-order chi connectivity index (χ1) is 21.8. The van der Waals surface area contributed by atoms with Gasteiger partial charge in [-0.25, -0.2) is 9.69 Å². The number of carbonyl (C=O) groups is 4. The molecule has 0 unspecified atom stereocenters. The molecule has 5 rings (SSSR count). The molecule has 0 bridgehead atoms. The van der Waals surface area contributed by atoms with Gasteiger partial charge in [-0.3, -0.25) is 19.7 Å². The van der Waals surface area contributed by atoms with E-state index in [1.165, 1.54) is 13.2 Å². The molecule has 4 aromatic rings. The number of hydrogen-bond acceptors (Lipinski definition) is 8. The Labute approximate surface area is 259 Å². The highest BCUT2D eigenvalue weighted by Gasteiger charge is 2.36. The van der Waals surface area contributed by atoms with E-state index in [2.05, 4.69) is 10.6 Å². The van der Waals surface area contributed by atoms with Crippen LogP contribution in [0.25, 0.3) is 6.08 Å². The number of methoxy groups -OCH3 is 2. The third-order valence-corrected chi connectivity index (χ3v) is 6.68. The topological polar surface area (TPSA) is 132 Å². The second-order valence-corrected chi connectivity index (χ2v) is 9.70. The first kappa shape index (κ1) is 30.4. The zero-order valence-corrected chi connectivity index (χ0v) is 24.4. The van der Waals surface area contributed by atoms with Crippen LogP contribution in [0.15, 0.2) is 103 Å². The molecule has 0 atom stereocenters. The van der Waals surface area contributed by atoms with Gasteiger partial charge in [0.05, 0.1) is 19.9 Å². The van der Waals surface area contributed by atoms with Crippen molar-refractivity contribution >= 4 is 41.2 Å². The summed E-state index contributed by atoms with van der Waals surface area (Å²) < 4.78 is 21.9. The molecule has 1 saturated heterocycles. The molecular formula is C34H29N3O8. The van der Waals surface area contributed by atoms with Crippen molar-refractivity contribution in [2.45, 2.75) is 6.61 Å². The minimum Gasteiger partial charge on any atom is -0.497 e. The standard InChI is InChI=1S/C34H29N3O8/c1-42-26-13-9-24(10-14-26)35-31(38)21-45-29-17-8-23(19-30(29)43-2)18-28-32(39)36-34(41)37(33(28)40)25-11-15-27(16-12-25)44-20-22-6-4-3-5-7-22/h3-19H,20-21H2,1-2H3,(H,35,38)(H,36,39,41)/b28-18-. The fourth-order valence-corrected chi connectivity index (χ4v) is 4.40. The molecule has 4 aromatic carbocycles. The SMILES string of the molecule is COc1ccc(NC(=O)COc2ccc(/C=C3/C(=O)NC(=O)N(c4ccc(OCc5ccccc5)cc4)C3=O)cc2OC)cc1. The molecule has 2 N–H and O–H groups in total. The monoisotopic (exact) mass is 607 g/mol. The normalized spacial score (nSPS) is 13.7. The number of imide groups is 2.